The lowest BCUT2D eigenvalue weighted by Crippen LogP contribution is -2.65. The molecule has 7 heteroatoms. The number of halogens is 1. The first kappa shape index (κ1) is 19.2. The highest BCUT2D eigenvalue weighted by molar-refractivity contribution is 7.89. The van der Waals surface area contributed by atoms with E-state index in [0.29, 0.717) is 0 Å². The Morgan fingerprint density at radius 2 is 1.96 bits per heavy atom. The summed E-state index contributed by atoms with van der Waals surface area (Å²) in [7, 11) is -4.11. The minimum atomic E-state index is -4.11. The number of aliphatic hydroxyl groups excluding tert-OH is 1. The van der Waals surface area contributed by atoms with Gasteiger partial charge in [-0.2, -0.15) is 9.57 Å². The van der Waals surface area contributed by atoms with Gasteiger partial charge in [0, 0.05) is 5.92 Å². The third kappa shape index (κ3) is 3.39. The topological polar surface area (TPSA) is 81.4 Å². The van der Waals surface area contributed by atoms with E-state index in [1.54, 1.807) is 0 Å². The first-order valence-corrected chi connectivity index (χ1v) is 9.90. The summed E-state index contributed by atoms with van der Waals surface area (Å²) in [5.74, 6) is -1.13. The van der Waals surface area contributed by atoms with Gasteiger partial charge >= 0.3 is 0 Å². The molecule has 1 aliphatic rings. The Labute approximate surface area is 158 Å². The molecule has 0 spiro atoms. The quantitative estimate of drug-likeness (QED) is 0.857. The van der Waals surface area contributed by atoms with Crippen molar-refractivity contribution in [3.8, 4) is 6.07 Å². The molecule has 5 nitrogen and oxygen atoms in total. The molecule has 1 saturated heterocycles. The lowest BCUT2D eigenvalue weighted by atomic mass is 9.78. The van der Waals surface area contributed by atoms with E-state index in [0.717, 1.165) is 27.6 Å². The van der Waals surface area contributed by atoms with E-state index in [4.69, 9.17) is 0 Å². The number of hydrogen-bond donors (Lipinski definition) is 1. The molecule has 0 saturated carbocycles. The van der Waals surface area contributed by atoms with Gasteiger partial charge in [0.25, 0.3) is 0 Å². The number of hydrogen-bond acceptors (Lipinski definition) is 4. The SMILES string of the molecule is CC=Cc1ccc([C@@H]2[C@@H](C#N)N(S(=O)(=O)c3cccc(F)c3)[C@@H]2CO)cc1. The molecule has 1 aliphatic heterocycles. The van der Waals surface area contributed by atoms with Crippen molar-refractivity contribution in [3.05, 3.63) is 71.6 Å². The molecule has 3 atom stereocenters. The van der Waals surface area contributed by atoms with Crippen molar-refractivity contribution >= 4 is 16.1 Å². The van der Waals surface area contributed by atoms with Crippen LogP contribution in [0.1, 0.15) is 24.0 Å². The number of nitrogens with zero attached hydrogens (tertiary/aromatic N) is 2. The van der Waals surface area contributed by atoms with E-state index in [2.05, 4.69) is 0 Å². The molecule has 1 N–H and O–H groups in total. The number of rotatable bonds is 5. The molecule has 2 aromatic carbocycles. The highest BCUT2D eigenvalue weighted by Gasteiger charge is 2.55. The molecule has 0 bridgehead atoms. The van der Waals surface area contributed by atoms with Crippen molar-refractivity contribution < 1.29 is 17.9 Å². The van der Waals surface area contributed by atoms with Gasteiger partial charge < -0.3 is 5.11 Å². The van der Waals surface area contributed by atoms with Gasteiger partial charge in [0.1, 0.15) is 11.9 Å². The van der Waals surface area contributed by atoms with Crippen LogP contribution in [-0.2, 0) is 10.0 Å². The van der Waals surface area contributed by atoms with Crippen molar-refractivity contribution in [1.82, 2.24) is 4.31 Å². The van der Waals surface area contributed by atoms with Crippen LogP contribution < -0.4 is 0 Å². The van der Waals surface area contributed by atoms with E-state index in [1.165, 1.54) is 12.1 Å². The predicted octanol–water partition coefficient (Wildman–Crippen LogP) is 2.90. The third-order valence-electron chi connectivity index (χ3n) is 4.73. The minimum Gasteiger partial charge on any atom is -0.395 e. The van der Waals surface area contributed by atoms with Crippen molar-refractivity contribution in [1.29, 1.82) is 5.26 Å². The van der Waals surface area contributed by atoms with E-state index in [-0.39, 0.29) is 4.90 Å². The zero-order valence-electron chi connectivity index (χ0n) is 14.7. The maximum absolute atomic E-state index is 13.5. The molecule has 3 rings (SSSR count). The Hall–Kier alpha value is -2.53. The predicted molar refractivity (Wildman–Crippen MR) is 99.6 cm³/mol. The van der Waals surface area contributed by atoms with E-state index in [9.17, 15) is 23.2 Å². The fourth-order valence-electron chi connectivity index (χ4n) is 3.47. The average Bonchev–Trinajstić information content (AvgIpc) is 2.63. The lowest BCUT2D eigenvalue weighted by Gasteiger charge is -2.50. The normalized spacial score (nSPS) is 23.1. The third-order valence-corrected chi connectivity index (χ3v) is 6.63. The van der Waals surface area contributed by atoms with Gasteiger partial charge in [-0.3, -0.25) is 0 Å². The Kier molecular flexibility index (Phi) is 5.42. The highest BCUT2D eigenvalue weighted by Crippen LogP contribution is 2.44. The van der Waals surface area contributed by atoms with Crippen LogP contribution >= 0.6 is 0 Å². The van der Waals surface area contributed by atoms with Crippen LogP contribution in [0.15, 0.2) is 59.5 Å². The van der Waals surface area contributed by atoms with Gasteiger partial charge in [-0.15, -0.1) is 0 Å². The smallest absolute Gasteiger partial charge is 0.244 e. The van der Waals surface area contributed by atoms with Crippen LogP contribution in [0.4, 0.5) is 4.39 Å². The second-order valence-corrected chi connectivity index (χ2v) is 8.15. The number of allylic oxidation sites excluding steroid dienone is 1. The highest BCUT2D eigenvalue weighted by atomic mass is 32.2. The van der Waals surface area contributed by atoms with E-state index in [1.807, 2.05) is 49.4 Å². The maximum atomic E-state index is 13.5. The average molecular weight is 386 g/mol. The zero-order chi connectivity index (χ0) is 19.6. The van der Waals surface area contributed by atoms with Gasteiger partial charge in [-0.25, -0.2) is 12.8 Å². The van der Waals surface area contributed by atoms with Gasteiger partial charge in [-0.1, -0.05) is 42.5 Å². The number of nitriles is 1. The number of aliphatic hydroxyl groups is 1. The summed E-state index contributed by atoms with van der Waals surface area (Å²) in [6, 6.07) is 12.3. The Bertz CT molecular complexity index is 997. The van der Waals surface area contributed by atoms with Crippen molar-refractivity contribution in [2.45, 2.75) is 29.8 Å². The molecule has 1 heterocycles. The van der Waals surface area contributed by atoms with E-state index >= 15 is 0 Å². The molecule has 140 valence electrons. The van der Waals surface area contributed by atoms with Crippen LogP contribution in [0.3, 0.4) is 0 Å². The maximum Gasteiger partial charge on any atom is 0.244 e. The van der Waals surface area contributed by atoms with Crippen LogP contribution in [0.25, 0.3) is 6.08 Å². The van der Waals surface area contributed by atoms with Crippen LogP contribution in [0, 0.1) is 17.1 Å². The zero-order valence-corrected chi connectivity index (χ0v) is 15.5. The molecule has 0 amide bonds. The van der Waals surface area contributed by atoms with Crippen LogP contribution in [0.2, 0.25) is 0 Å². The van der Waals surface area contributed by atoms with Crippen molar-refractivity contribution in [2.75, 3.05) is 6.61 Å². The van der Waals surface area contributed by atoms with Gasteiger partial charge in [0.05, 0.1) is 23.6 Å². The molecular formula is C20H19FN2O3S. The van der Waals surface area contributed by atoms with Crippen LogP contribution in [-0.4, -0.2) is 36.5 Å². The lowest BCUT2D eigenvalue weighted by molar-refractivity contribution is 0.0556. The van der Waals surface area contributed by atoms with Crippen LogP contribution in [0.5, 0.6) is 0 Å². The molecule has 27 heavy (non-hydrogen) atoms. The summed E-state index contributed by atoms with van der Waals surface area (Å²) in [5, 5.41) is 19.4. The Morgan fingerprint density at radius 3 is 2.52 bits per heavy atom. The fraction of sp³-hybridized carbons (Fsp3) is 0.250. The first-order valence-electron chi connectivity index (χ1n) is 8.46. The molecule has 0 radical (unpaired) electrons. The standard InChI is InChI=1S/C20H19FN2O3S/c1-2-4-14-7-9-15(10-8-14)20-18(12-22)23(19(20)13-24)27(25,26)17-6-3-5-16(21)11-17/h2-11,18-20,24H,13H2,1H3/t18-,19-,20-/m1/s1. The summed E-state index contributed by atoms with van der Waals surface area (Å²) in [6.45, 7) is 1.47. The summed E-state index contributed by atoms with van der Waals surface area (Å²) >= 11 is 0. The molecule has 0 aliphatic carbocycles. The largest absolute Gasteiger partial charge is 0.395 e. The fourth-order valence-corrected chi connectivity index (χ4v) is 5.25. The summed E-state index contributed by atoms with van der Waals surface area (Å²) in [4.78, 5) is -0.233. The minimum absolute atomic E-state index is 0.233. The van der Waals surface area contributed by atoms with Gasteiger partial charge in [0.2, 0.25) is 10.0 Å². The van der Waals surface area contributed by atoms with E-state index < -0.39 is 40.4 Å². The Morgan fingerprint density at radius 1 is 1.26 bits per heavy atom. The summed E-state index contributed by atoms with van der Waals surface area (Å²) in [6.07, 6.45) is 3.83. The molecule has 1 fully saturated rings. The first-order chi connectivity index (χ1) is 12.9. The second-order valence-electron chi connectivity index (χ2n) is 6.31. The summed E-state index contributed by atoms with van der Waals surface area (Å²) < 4.78 is 40.3. The molecule has 0 unspecified atom stereocenters. The monoisotopic (exact) mass is 386 g/mol. The van der Waals surface area contributed by atoms with Crippen molar-refractivity contribution in [3.63, 3.8) is 0 Å². The molecule has 0 aromatic heterocycles. The number of benzene rings is 2. The van der Waals surface area contributed by atoms with Gasteiger partial charge in [-0.05, 0) is 36.2 Å². The Balaban J connectivity index is 1.96. The molecular weight excluding hydrogens is 367 g/mol. The summed E-state index contributed by atoms with van der Waals surface area (Å²) in [5.41, 5.74) is 1.76. The van der Waals surface area contributed by atoms with Gasteiger partial charge in [0.15, 0.2) is 0 Å². The number of sulfonamides is 1. The second kappa shape index (κ2) is 7.61. The van der Waals surface area contributed by atoms with Crippen molar-refractivity contribution in [2.24, 2.45) is 0 Å². The molecule has 2 aromatic rings.